The summed E-state index contributed by atoms with van der Waals surface area (Å²) in [6.45, 7) is 0.215. The summed E-state index contributed by atoms with van der Waals surface area (Å²) in [4.78, 5) is 4.15. The number of rotatable bonds is 5. The van der Waals surface area contributed by atoms with Crippen LogP contribution in [-0.4, -0.2) is 27.4 Å². The molecule has 1 unspecified atom stereocenters. The van der Waals surface area contributed by atoms with Crippen LogP contribution in [0.25, 0.3) is 0 Å². The number of hydrogen-bond acceptors (Lipinski definition) is 3. The van der Waals surface area contributed by atoms with Gasteiger partial charge in [-0.25, -0.2) is 4.98 Å². The van der Waals surface area contributed by atoms with Crippen LogP contribution in [0.5, 0.6) is 5.75 Å². The zero-order chi connectivity index (χ0) is 13.0. The van der Waals surface area contributed by atoms with Gasteiger partial charge in [-0.15, -0.1) is 0 Å². The Hall–Kier alpha value is -1.52. The van der Waals surface area contributed by atoms with Crippen molar-refractivity contribution in [2.75, 3.05) is 6.61 Å². The van der Waals surface area contributed by atoms with Gasteiger partial charge in [-0.1, -0.05) is 17.7 Å². The lowest BCUT2D eigenvalue weighted by atomic mass is 10.2. The van der Waals surface area contributed by atoms with Crippen molar-refractivity contribution in [1.29, 1.82) is 0 Å². The van der Waals surface area contributed by atoms with E-state index in [1.807, 2.05) is 23.9 Å². The Morgan fingerprint density at radius 2 is 2.33 bits per heavy atom. The fraction of sp³-hybridized carbons (Fsp3) is 0.308. The molecule has 1 aromatic carbocycles. The van der Waals surface area contributed by atoms with Crippen LogP contribution in [0.1, 0.15) is 5.82 Å². The molecular weight excluding hydrogens is 252 g/mol. The molecule has 18 heavy (non-hydrogen) atoms. The van der Waals surface area contributed by atoms with Gasteiger partial charge >= 0.3 is 0 Å². The molecule has 96 valence electrons. The molecule has 0 bridgehead atoms. The second kappa shape index (κ2) is 5.89. The largest absolute Gasteiger partial charge is 0.491 e. The number of nitrogens with zero attached hydrogens (tertiary/aromatic N) is 2. The Kier molecular flexibility index (Phi) is 4.23. The Morgan fingerprint density at radius 1 is 1.50 bits per heavy atom. The summed E-state index contributed by atoms with van der Waals surface area (Å²) >= 11 is 5.84. The number of ether oxygens (including phenoxy) is 1. The molecule has 0 aliphatic heterocycles. The molecule has 0 radical (unpaired) electrons. The van der Waals surface area contributed by atoms with Gasteiger partial charge in [-0.3, -0.25) is 0 Å². The van der Waals surface area contributed by atoms with Gasteiger partial charge in [0.1, 0.15) is 18.2 Å². The van der Waals surface area contributed by atoms with Gasteiger partial charge in [0.05, 0.1) is 6.10 Å². The molecule has 0 fully saturated rings. The first-order valence-electron chi connectivity index (χ1n) is 5.68. The lowest BCUT2D eigenvalue weighted by molar-refractivity contribution is 0.105. The van der Waals surface area contributed by atoms with E-state index in [1.54, 1.807) is 24.4 Å². The van der Waals surface area contributed by atoms with E-state index < -0.39 is 6.10 Å². The third kappa shape index (κ3) is 3.48. The van der Waals surface area contributed by atoms with Gasteiger partial charge < -0.3 is 14.4 Å². The molecule has 5 heteroatoms. The minimum absolute atomic E-state index is 0.215. The van der Waals surface area contributed by atoms with Gasteiger partial charge in [-0.2, -0.15) is 0 Å². The first-order valence-corrected chi connectivity index (χ1v) is 6.05. The van der Waals surface area contributed by atoms with E-state index >= 15 is 0 Å². The number of aryl methyl sites for hydroxylation is 1. The standard InChI is InChI=1S/C13H15ClN2O2/c1-16-6-5-15-13(16)8-11(17)9-18-12-4-2-3-10(14)7-12/h2-7,11,17H,8-9H2,1H3. The topological polar surface area (TPSA) is 47.3 Å². The lowest BCUT2D eigenvalue weighted by Crippen LogP contribution is -2.21. The van der Waals surface area contributed by atoms with Crippen molar-refractivity contribution in [1.82, 2.24) is 9.55 Å². The van der Waals surface area contributed by atoms with Crippen molar-refractivity contribution >= 4 is 11.6 Å². The van der Waals surface area contributed by atoms with Crippen LogP contribution in [0, 0.1) is 0 Å². The molecule has 2 aromatic rings. The number of benzene rings is 1. The molecule has 0 spiro atoms. The number of aliphatic hydroxyl groups excluding tert-OH is 1. The maximum Gasteiger partial charge on any atom is 0.120 e. The second-order valence-corrected chi connectivity index (χ2v) is 4.52. The highest BCUT2D eigenvalue weighted by Gasteiger charge is 2.10. The van der Waals surface area contributed by atoms with Crippen molar-refractivity contribution < 1.29 is 9.84 Å². The molecular formula is C13H15ClN2O2. The van der Waals surface area contributed by atoms with Gasteiger partial charge in [-0.05, 0) is 18.2 Å². The van der Waals surface area contributed by atoms with Gasteiger partial charge in [0.25, 0.3) is 0 Å². The van der Waals surface area contributed by atoms with Crippen LogP contribution in [0.3, 0.4) is 0 Å². The van der Waals surface area contributed by atoms with Crippen molar-refractivity contribution in [2.45, 2.75) is 12.5 Å². The second-order valence-electron chi connectivity index (χ2n) is 4.08. The van der Waals surface area contributed by atoms with Gasteiger partial charge in [0.2, 0.25) is 0 Å². The molecule has 0 amide bonds. The number of imidazole rings is 1. The highest BCUT2D eigenvalue weighted by Crippen LogP contribution is 2.17. The van der Waals surface area contributed by atoms with E-state index in [0.29, 0.717) is 17.2 Å². The smallest absolute Gasteiger partial charge is 0.120 e. The lowest BCUT2D eigenvalue weighted by Gasteiger charge is -2.12. The Morgan fingerprint density at radius 3 is 3.00 bits per heavy atom. The van der Waals surface area contributed by atoms with Crippen LogP contribution < -0.4 is 4.74 Å². The molecule has 0 saturated carbocycles. The van der Waals surface area contributed by atoms with Crippen molar-refractivity contribution in [3.8, 4) is 5.75 Å². The summed E-state index contributed by atoms with van der Waals surface area (Å²) in [5.41, 5.74) is 0. The van der Waals surface area contributed by atoms with E-state index in [4.69, 9.17) is 16.3 Å². The Balaban J connectivity index is 1.85. The average Bonchev–Trinajstić information content (AvgIpc) is 2.73. The fourth-order valence-corrected chi connectivity index (χ4v) is 1.79. The third-order valence-electron chi connectivity index (χ3n) is 2.58. The SMILES string of the molecule is Cn1ccnc1CC(O)COc1cccc(Cl)c1. The molecule has 1 N–H and O–H groups in total. The normalized spacial score (nSPS) is 12.4. The summed E-state index contributed by atoms with van der Waals surface area (Å²) in [6.07, 6.45) is 3.43. The van der Waals surface area contributed by atoms with E-state index in [9.17, 15) is 5.11 Å². The first-order chi connectivity index (χ1) is 8.65. The highest BCUT2D eigenvalue weighted by atomic mass is 35.5. The third-order valence-corrected chi connectivity index (χ3v) is 2.81. The molecule has 0 saturated heterocycles. The van der Waals surface area contributed by atoms with Crippen molar-refractivity contribution in [3.05, 3.63) is 47.5 Å². The number of aliphatic hydroxyl groups is 1. The maximum absolute atomic E-state index is 9.86. The van der Waals surface area contributed by atoms with Crippen LogP contribution in [0.15, 0.2) is 36.7 Å². The highest BCUT2D eigenvalue weighted by molar-refractivity contribution is 6.30. The number of hydrogen-bond donors (Lipinski definition) is 1. The molecule has 0 aliphatic rings. The minimum atomic E-state index is -0.593. The zero-order valence-electron chi connectivity index (χ0n) is 10.1. The molecule has 0 aliphatic carbocycles. The number of aromatic nitrogens is 2. The van der Waals surface area contributed by atoms with Crippen LogP contribution >= 0.6 is 11.6 Å². The minimum Gasteiger partial charge on any atom is -0.491 e. The maximum atomic E-state index is 9.86. The van der Waals surface area contributed by atoms with Crippen molar-refractivity contribution in [2.24, 2.45) is 7.05 Å². The van der Waals surface area contributed by atoms with Crippen LogP contribution in [0.4, 0.5) is 0 Å². The molecule has 1 atom stereocenters. The summed E-state index contributed by atoms with van der Waals surface area (Å²) in [5.74, 6) is 1.48. The van der Waals surface area contributed by atoms with E-state index in [-0.39, 0.29) is 6.61 Å². The number of halogens is 1. The molecule has 2 rings (SSSR count). The summed E-state index contributed by atoms with van der Waals surface area (Å²) in [6, 6.07) is 7.11. The summed E-state index contributed by atoms with van der Waals surface area (Å²) in [7, 11) is 1.90. The van der Waals surface area contributed by atoms with Gasteiger partial charge in [0.15, 0.2) is 0 Å². The van der Waals surface area contributed by atoms with Crippen molar-refractivity contribution in [3.63, 3.8) is 0 Å². The van der Waals surface area contributed by atoms with E-state index in [2.05, 4.69) is 4.98 Å². The van der Waals surface area contributed by atoms with Crippen LogP contribution in [0.2, 0.25) is 5.02 Å². The molecule has 4 nitrogen and oxygen atoms in total. The van der Waals surface area contributed by atoms with E-state index in [1.165, 1.54) is 0 Å². The quantitative estimate of drug-likeness (QED) is 0.901. The average molecular weight is 267 g/mol. The zero-order valence-corrected chi connectivity index (χ0v) is 10.8. The summed E-state index contributed by atoms with van der Waals surface area (Å²) < 4.78 is 7.34. The summed E-state index contributed by atoms with van der Waals surface area (Å²) in [5, 5.41) is 10.5. The van der Waals surface area contributed by atoms with Gasteiger partial charge in [0, 0.05) is 30.9 Å². The first kappa shape index (κ1) is 12.9. The Bertz CT molecular complexity index is 513. The molecule has 1 aromatic heterocycles. The molecule has 1 heterocycles. The van der Waals surface area contributed by atoms with E-state index in [0.717, 1.165) is 5.82 Å². The monoisotopic (exact) mass is 266 g/mol. The predicted molar refractivity (Wildman–Crippen MR) is 69.9 cm³/mol. The van der Waals surface area contributed by atoms with Crippen LogP contribution in [-0.2, 0) is 13.5 Å². The predicted octanol–water partition coefficient (Wildman–Crippen LogP) is 2.06. The Labute approximate surface area is 111 Å². The fourth-order valence-electron chi connectivity index (χ4n) is 1.61.